The lowest BCUT2D eigenvalue weighted by Crippen LogP contribution is -2.10. The van der Waals surface area contributed by atoms with E-state index in [2.05, 4.69) is 10.1 Å². The Kier molecular flexibility index (Phi) is 4.21. The summed E-state index contributed by atoms with van der Waals surface area (Å²) < 4.78 is 14.1. The maximum absolute atomic E-state index is 12.3. The summed E-state index contributed by atoms with van der Waals surface area (Å²) in [6.07, 6.45) is 1.47. The molecule has 0 fully saturated rings. The second-order valence-corrected chi connectivity index (χ2v) is 6.22. The molecule has 0 bridgehead atoms. The van der Waals surface area contributed by atoms with E-state index in [4.69, 9.17) is 17.3 Å². The summed E-state index contributed by atoms with van der Waals surface area (Å²) in [5, 5.41) is 4.53. The quantitative estimate of drug-likeness (QED) is 0.880. The highest BCUT2D eigenvalue weighted by molar-refractivity contribution is 7.84. The molecule has 0 aliphatic heterocycles. The van der Waals surface area contributed by atoms with E-state index in [1.54, 1.807) is 22.9 Å². The number of nitrogen functional groups attached to an aromatic ring is 1. The zero-order valence-corrected chi connectivity index (χ0v) is 12.3. The van der Waals surface area contributed by atoms with Gasteiger partial charge in [0.1, 0.15) is 12.2 Å². The van der Waals surface area contributed by atoms with Gasteiger partial charge in [-0.05, 0) is 32.0 Å². The zero-order chi connectivity index (χ0) is 14.0. The fourth-order valence-electron chi connectivity index (χ4n) is 1.71. The zero-order valence-electron chi connectivity index (χ0n) is 10.7. The lowest BCUT2D eigenvalue weighted by molar-refractivity contribution is 0.513. The van der Waals surface area contributed by atoms with Crippen molar-refractivity contribution in [3.05, 3.63) is 35.4 Å². The Labute approximate surface area is 119 Å². The van der Waals surface area contributed by atoms with Crippen LogP contribution in [0.5, 0.6) is 0 Å². The molecule has 0 radical (unpaired) electrons. The number of rotatable bonds is 4. The SMILES string of the molecule is CC(C)n1ncnc1CS(=O)c1ccc(N)cc1Cl. The molecule has 2 aromatic rings. The van der Waals surface area contributed by atoms with Gasteiger partial charge in [0.15, 0.2) is 0 Å². The van der Waals surface area contributed by atoms with Crippen molar-refractivity contribution < 1.29 is 4.21 Å². The van der Waals surface area contributed by atoms with Gasteiger partial charge in [-0.1, -0.05) is 11.6 Å². The summed E-state index contributed by atoms with van der Waals surface area (Å²) >= 11 is 6.05. The Balaban J connectivity index is 2.23. The van der Waals surface area contributed by atoms with Crippen molar-refractivity contribution >= 4 is 28.1 Å². The van der Waals surface area contributed by atoms with Crippen LogP contribution in [0.1, 0.15) is 25.7 Å². The van der Waals surface area contributed by atoms with Crippen LogP contribution in [0.15, 0.2) is 29.4 Å². The summed E-state index contributed by atoms with van der Waals surface area (Å²) in [7, 11) is -1.27. The van der Waals surface area contributed by atoms with E-state index in [9.17, 15) is 4.21 Å². The molecule has 0 aliphatic rings. The molecule has 5 nitrogen and oxygen atoms in total. The van der Waals surface area contributed by atoms with Crippen LogP contribution >= 0.6 is 11.6 Å². The molecule has 1 aromatic heterocycles. The maximum atomic E-state index is 12.3. The monoisotopic (exact) mass is 298 g/mol. The largest absolute Gasteiger partial charge is 0.399 e. The van der Waals surface area contributed by atoms with Crippen LogP contribution in [0, 0.1) is 0 Å². The average Bonchev–Trinajstić information content (AvgIpc) is 2.76. The van der Waals surface area contributed by atoms with Gasteiger partial charge in [-0.25, -0.2) is 9.67 Å². The third kappa shape index (κ3) is 3.13. The van der Waals surface area contributed by atoms with Crippen molar-refractivity contribution in [3.8, 4) is 0 Å². The van der Waals surface area contributed by atoms with Gasteiger partial charge >= 0.3 is 0 Å². The lowest BCUT2D eigenvalue weighted by Gasteiger charge is -2.10. The van der Waals surface area contributed by atoms with Gasteiger partial charge in [0.05, 0.1) is 26.5 Å². The van der Waals surface area contributed by atoms with E-state index in [0.29, 0.717) is 21.4 Å². The van der Waals surface area contributed by atoms with Crippen LogP contribution in [0.3, 0.4) is 0 Å². The molecule has 1 heterocycles. The lowest BCUT2D eigenvalue weighted by atomic mass is 10.3. The Bertz CT molecular complexity index is 612. The van der Waals surface area contributed by atoms with Crippen LogP contribution in [0.2, 0.25) is 5.02 Å². The minimum absolute atomic E-state index is 0.177. The van der Waals surface area contributed by atoms with E-state index in [1.807, 2.05) is 13.8 Å². The Morgan fingerprint density at radius 2 is 2.21 bits per heavy atom. The molecular weight excluding hydrogens is 284 g/mol. The summed E-state index contributed by atoms with van der Waals surface area (Å²) in [6, 6.07) is 5.15. The molecule has 102 valence electrons. The molecule has 1 aromatic carbocycles. The van der Waals surface area contributed by atoms with Crippen molar-refractivity contribution in [1.82, 2.24) is 14.8 Å². The fraction of sp³-hybridized carbons (Fsp3) is 0.333. The van der Waals surface area contributed by atoms with E-state index < -0.39 is 10.8 Å². The smallest absolute Gasteiger partial charge is 0.140 e. The minimum Gasteiger partial charge on any atom is -0.399 e. The van der Waals surface area contributed by atoms with Gasteiger partial charge in [-0.15, -0.1) is 0 Å². The van der Waals surface area contributed by atoms with Crippen LogP contribution in [-0.2, 0) is 16.6 Å². The van der Waals surface area contributed by atoms with Gasteiger partial charge in [0.2, 0.25) is 0 Å². The second kappa shape index (κ2) is 5.71. The first-order chi connectivity index (χ1) is 8.99. The van der Waals surface area contributed by atoms with Crippen molar-refractivity contribution in [2.75, 3.05) is 5.73 Å². The van der Waals surface area contributed by atoms with Crippen molar-refractivity contribution in [2.24, 2.45) is 0 Å². The Hall–Kier alpha value is -1.40. The number of hydrogen-bond acceptors (Lipinski definition) is 4. The molecule has 0 amide bonds. The minimum atomic E-state index is -1.27. The van der Waals surface area contributed by atoms with E-state index in [-0.39, 0.29) is 11.8 Å². The molecule has 2 rings (SSSR count). The van der Waals surface area contributed by atoms with Crippen LogP contribution in [0.25, 0.3) is 0 Å². The molecular formula is C12H15ClN4OS. The molecule has 0 saturated heterocycles. The van der Waals surface area contributed by atoms with Crippen molar-refractivity contribution in [3.63, 3.8) is 0 Å². The Morgan fingerprint density at radius 1 is 1.47 bits per heavy atom. The molecule has 7 heteroatoms. The number of nitrogens with two attached hydrogens (primary N) is 1. The number of nitrogens with zero attached hydrogens (tertiary/aromatic N) is 3. The van der Waals surface area contributed by atoms with Gasteiger partial charge in [-0.2, -0.15) is 5.10 Å². The van der Waals surface area contributed by atoms with Crippen molar-refractivity contribution in [1.29, 1.82) is 0 Å². The summed E-state index contributed by atoms with van der Waals surface area (Å²) in [4.78, 5) is 4.71. The third-order valence-electron chi connectivity index (χ3n) is 2.60. The number of halogens is 1. The molecule has 19 heavy (non-hydrogen) atoms. The predicted molar refractivity (Wildman–Crippen MR) is 76.4 cm³/mol. The average molecular weight is 299 g/mol. The summed E-state index contributed by atoms with van der Waals surface area (Å²) in [5.74, 6) is 0.961. The van der Waals surface area contributed by atoms with Crippen molar-refractivity contribution in [2.45, 2.75) is 30.5 Å². The molecule has 2 N–H and O–H groups in total. The number of anilines is 1. The molecule has 1 unspecified atom stereocenters. The first-order valence-electron chi connectivity index (χ1n) is 5.81. The normalized spacial score (nSPS) is 12.8. The summed E-state index contributed by atoms with van der Waals surface area (Å²) in [5.41, 5.74) is 6.17. The molecule has 1 atom stereocenters. The maximum Gasteiger partial charge on any atom is 0.140 e. The highest BCUT2D eigenvalue weighted by Crippen LogP contribution is 2.24. The topological polar surface area (TPSA) is 73.8 Å². The van der Waals surface area contributed by atoms with E-state index in [1.165, 1.54) is 6.33 Å². The first kappa shape index (κ1) is 14.0. The predicted octanol–water partition coefficient (Wildman–Crippen LogP) is 2.40. The van der Waals surface area contributed by atoms with Gasteiger partial charge < -0.3 is 5.73 Å². The van der Waals surface area contributed by atoms with Gasteiger partial charge in [0, 0.05) is 11.7 Å². The third-order valence-corrected chi connectivity index (χ3v) is 4.39. The highest BCUT2D eigenvalue weighted by Gasteiger charge is 2.15. The van der Waals surface area contributed by atoms with Crippen LogP contribution in [0.4, 0.5) is 5.69 Å². The highest BCUT2D eigenvalue weighted by atomic mass is 35.5. The standard InChI is InChI=1S/C12H15ClN4OS/c1-8(2)17-12(15-7-16-17)6-19(18)11-4-3-9(14)5-10(11)13/h3-5,7-8H,6,14H2,1-2H3. The molecule has 0 spiro atoms. The van der Waals surface area contributed by atoms with Gasteiger partial charge in [-0.3, -0.25) is 4.21 Å². The van der Waals surface area contributed by atoms with Crippen LogP contribution in [-0.4, -0.2) is 19.0 Å². The fourth-order valence-corrected chi connectivity index (χ4v) is 3.25. The van der Waals surface area contributed by atoms with E-state index in [0.717, 1.165) is 0 Å². The van der Waals surface area contributed by atoms with Crippen LogP contribution < -0.4 is 5.73 Å². The number of benzene rings is 1. The molecule has 0 aliphatic carbocycles. The van der Waals surface area contributed by atoms with E-state index >= 15 is 0 Å². The number of aromatic nitrogens is 3. The van der Waals surface area contributed by atoms with Gasteiger partial charge in [0.25, 0.3) is 0 Å². The Morgan fingerprint density at radius 3 is 2.84 bits per heavy atom. The first-order valence-corrected chi connectivity index (χ1v) is 7.50. The summed E-state index contributed by atoms with van der Waals surface area (Å²) in [6.45, 7) is 3.99. The molecule has 0 saturated carbocycles. The number of hydrogen-bond donors (Lipinski definition) is 1. The second-order valence-electron chi connectivity index (χ2n) is 4.39.